The van der Waals surface area contributed by atoms with Gasteiger partial charge in [0, 0.05) is 11.8 Å². The van der Waals surface area contributed by atoms with Gasteiger partial charge < -0.3 is 24.9 Å². The number of fused-ring (bicyclic) bond motifs is 1. The molecule has 5 rings (SSSR count). The van der Waals surface area contributed by atoms with E-state index in [1.165, 1.54) is 0 Å². The van der Waals surface area contributed by atoms with Crippen molar-refractivity contribution in [2.75, 3.05) is 13.2 Å². The number of carbonyl (C=O) groups excluding carboxylic acids is 3. The molecule has 0 spiro atoms. The third-order valence-corrected chi connectivity index (χ3v) is 7.80. The Labute approximate surface area is 268 Å². The topological polar surface area (TPSA) is 128 Å². The van der Waals surface area contributed by atoms with E-state index in [0.717, 1.165) is 5.39 Å². The van der Waals surface area contributed by atoms with Crippen molar-refractivity contribution in [2.24, 2.45) is 11.1 Å². The average Bonchev–Trinajstić information content (AvgIpc) is 3.53. The van der Waals surface area contributed by atoms with Gasteiger partial charge >= 0.3 is 0 Å². The largest absolute Gasteiger partial charge is 0.489 e. The molecule has 3 aromatic carbocycles. The number of carbonyl (C=O) groups is 3. The maximum Gasteiger partial charge on any atom is 0.271 e. The number of Topliss-reactive ketones (excluding diaryl/α,β-unsaturated/α-hetero) is 1. The Morgan fingerprint density at radius 1 is 0.848 bits per heavy atom. The molecule has 0 saturated carbocycles. The molecule has 2 amide bonds. The van der Waals surface area contributed by atoms with Crippen LogP contribution in [-0.2, 0) is 14.4 Å². The van der Waals surface area contributed by atoms with Gasteiger partial charge in [0.05, 0.1) is 23.3 Å². The van der Waals surface area contributed by atoms with Crippen molar-refractivity contribution >= 4 is 34.2 Å². The number of benzene rings is 3. The zero-order valence-corrected chi connectivity index (χ0v) is 26.1. The summed E-state index contributed by atoms with van der Waals surface area (Å²) in [6.45, 7) is 5.32. The number of ketones is 1. The molecule has 4 aromatic rings. The fraction of sp³-hybridized carbons (Fsp3) is 0.306. The Bertz CT molecular complexity index is 1690. The second kappa shape index (κ2) is 14.7. The van der Waals surface area contributed by atoms with Crippen molar-refractivity contribution in [1.29, 1.82) is 0 Å². The van der Waals surface area contributed by atoms with Crippen molar-refractivity contribution in [1.82, 2.24) is 15.6 Å². The summed E-state index contributed by atoms with van der Waals surface area (Å²) in [5.74, 6) is -0.199. The van der Waals surface area contributed by atoms with Crippen LogP contribution in [0.1, 0.15) is 44.1 Å². The van der Waals surface area contributed by atoms with Gasteiger partial charge in [0.1, 0.15) is 30.4 Å². The highest BCUT2D eigenvalue weighted by Crippen LogP contribution is 2.29. The minimum absolute atomic E-state index is 0.0328. The summed E-state index contributed by atoms with van der Waals surface area (Å²) in [4.78, 5) is 50.8. The van der Waals surface area contributed by atoms with Gasteiger partial charge in [-0.05, 0) is 48.7 Å². The van der Waals surface area contributed by atoms with E-state index in [1.54, 1.807) is 37.3 Å². The second-order valence-electron chi connectivity index (χ2n) is 11.5. The lowest BCUT2D eigenvalue weighted by molar-refractivity contribution is -0.150. The lowest BCUT2D eigenvalue weighted by atomic mass is 9.89. The highest BCUT2D eigenvalue weighted by molar-refractivity contribution is 6.03. The van der Waals surface area contributed by atoms with E-state index in [-0.39, 0.29) is 42.9 Å². The Hall–Kier alpha value is -5.25. The smallest absolute Gasteiger partial charge is 0.271 e. The van der Waals surface area contributed by atoms with Crippen LogP contribution in [0.3, 0.4) is 0 Å². The van der Waals surface area contributed by atoms with Gasteiger partial charge in [0.25, 0.3) is 17.4 Å². The fourth-order valence-corrected chi connectivity index (χ4v) is 5.17. The molecule has 46 heavy (non-hydrogen) atoms. The molecule has 2 heterocycles. The summed E-state index contributed by atoms with van der Waals surface area (Å²) in [6.07, 6.45) is 0.376. The lowest BCUT2D eigenvalue weighted by Crippen LogP contribution is -2.56. The summed E-state index contributed by atoms with van der Waals surface area (Å²) >= 11 is 0. The van der Waals surface area contributed by atoms with Crippen molar-refractivity contribution < 1.29 is 28.7 Å². The van der Waals surface area contributed by atoms with Crippen molar-refractivity contribution in [3.05, 3.63) is 103 Å². The SMILES string of the molecule is CC[C@H](NC(=O)C1(COc2ccccc2)CC([C@@H](NC(=O)c2ccc3ccccc3n2)C(C)C)=NO1)C(=O)COc1ccccc1. The zero-order chi connectivity index (χ0) is 32.5. The molecule has 0 bridgehead atoms. The normalized spacial score (nSPS) is 17.0. The van der Waals surface area contributed by atoms with E-state index in [1.807, 2.05) is 80.6 Å². The maximum absolute atomic E-state index is 14.0. The average molecular weight is 623 g/mol. The van der Waals surface area contributed by atoms with Crippen LogP contribution in [0.25, 0.3) is 10.9 Å². The van der Waals surface area contributed by atoms with E-state index >= 15 is 0 Å². The van der Waals surface area contributed by atoms with Crippen molar-refractivity contribution in [3.8, 4) is 11.5 Å². The second-order valence-corrected chi connectivity index (χ2v) is 11.5. The third kappa shape index (κ3) is 7.69. The van der Waals surface area contributed by atoms with E-state index in [9.17, 15) is 14.4 Å². The molecular weight excluding hydrogens is 584 g/mol. The number of rotatable bonds is 14. The van der Waals surface area contributed by atoms with Crippen LogP contribution in [0.4, 0.5) is 0 Å². The molecule has 238 valence electrons. The summed E-state index contributed by atoms with van der Waals surface area (Å²) in [5.41, 5.74) is -0.135. The fourth-order valence-electron chi connectivity index (χ4n) is 5.17. The Morgan fingerprint density at radius 2 is 1.50 bits per heavy atom. The number of para-hydroxylation sites is 3. The molecule has 10 nitrogen and oxygen atoms in total. The zero-order valence-electron chi connectivity index (χ0n) is 26.1. The Kier molecular flexibility index (Phi) is 10.3. The molecule has 2 N–H and O–H groups in total. The summed E-state index contributed by atoms with van der Waals surface area (Å²) in [5, 5.41) is 11.1. The molecule has 0 saturated heterocycles. The Balaban J connectivity index is 1.32. The number of aromatic nitrogens is 1. The summed E-state index contributed by atoms with van der Waals surface area (Å²) in [7, 11) is 0. The Morgan fingerprint density at radius 3 is 2.17 bits per heavy atom. The standard InChI is InChI=1S/C36H38N4O6/c1-4-28(32(41)22-44-26-14-7-5-8-15-26)38-35(43)36(23-45-27-16-9-6-10-17-27)21-31(40-46-36)33(24(2)3)39-34(42)30-20-19-25-13-11-12-18-29(25)37-30/h5-20,24,28,33H,4,21-23H2,1-3H3,(H,38,43)(H,39,42)/t28-,33-,36?/m0/s1. The highest BCUT2D eigenvalue weighted by atomic mass is 16.7. The van der Waals surface area contributed by atoms with Crippen molar-refractivity contribution in [3.63, 3.8) is 0 Å². The van der Waals surface area contributed by atoms with Gasteiger partial charge in [-0.1, -0.05) is 86.6 Å². The summed E-state index contributed by atoms with van der Waals surface area (Å²) in [6, 6.07) is 27.8. The molecule has 3 atom stereocenters. The van der Waals surface area contributed by atoms with Crippen LogP contribution in [0.2, 0.25) is 0 Å². The number of hydrogen-bond acceptors (Lipinski definition) is 8. The molecular formula is C36H38N4O6. The van der Waals surface area contributed by atoms with Gasteiger partial charge in [-0.2, -0.15) is 0 Å². The summed E-state index contributed by atoms with van der Waals surface area (Å²) < 4.78 is 11.6. The minimum Gasteiger partial charge on any atom is -0.489 e. The van der Waals surface area contributed by atoms with E-state index < -0.39 is 23.6 Å². The third-order valence-electron chi connectivity index (χ3n) is 7.80. The first kappa shape index (κ1) is 32.2. The molecule has 1 aromatic heterocycles. The van der Waals surface area contributed by atoms with E-state index in [2.05, 4.69) is 20.8 Å². The van der Waals surface area contributed by atoms with E-state index in [4.69, 9.17) is 14.3 Å². The van der Waals surface area contributed by atoms with Gasteiger partial charge in [-0.3, -0.25) is 14.4 Å². The van der Waals surface area contributed by atoms with E-state index in [0.29, 0.717) is 29.1 Å². The van der Waals surface area contributed by atoms with Crippen LogP contribution in [-0.4, -0.2) is 59.2 Å². The monoisotopic (exact) mass is 622 g/mol. The maximum atomic E-state index is 14.0. The van der Waals surface area contributed by atoms with Crippen LogP contribution in [0.15, 0.2) is 102 Å². The molecule has 0 fully saturated rings. The number of hydrogen-bond donors (Lipinski definition) is 2. The highest BCUT2D eigenvalue weighted by Gasteiger charge is 2.50. The number of pyridine rings is 1. The number of nitrogens with zero attached hydrogens (tertiary/aromatic N) is 2. The van der Waals surface area contributed by atoms with Crippen molar-refractivity contribution in [2.45, 2.75) is 51.3 Å². The molecule has 0 radical (unpaired) electrons. The molecule has 1 aliphatic heterocycles. The number of oxime groups is 1. The predicted molar refractivity (Wildman–Crippen MR) is 175 cm³/mol. The lowest BCUT2D eigenvalue weighted by Gasteiger charge is -2.28. The molecule has 10 heteroatoms. The van der Waals surface area contributed by atoms with Gasteiger partial charge in [0.15, 0.2) is 5.78 Å². The first-order valence-electron chi connectivity index (χ1n) is 15.4. The van der Waals surface area contributed by atoms with Crippen LogP contribution >= 0.6 is 0 Å². The van der Waals surface area contributed by atoms with Crippen LogP contribution in [0, 0.1) is 5.92 Å². The van der Waals surface area contributed by atoms with Gasteiger partial charge in [-0.15, -0.1) is 0 Å². The minimum atomic E-state index is -1.59. The number of ether oxygens (including phenoxy) is 2. The first-order valence-corrected chi connectivity index (χ1v) is 15.4. The van der Waals surface area contributed by atoms with Crippen LogP contribution < -0.4 is 20.1 Å². The molecule has 1 unspecified atom stereocenters. The van der Waals surface area contributed by atoms with Gasteiger partial charge in [-0.25, -0.2) is 4.98 Å². The number of nitrogens with one attached hydrogen (secondary N) is 2. The quantitative estimate of drug-likeness (QED) is 0.200. The first-order chi connectivity index (χ1) is 22.3. The molecule has 1 aliphatic rings. The predicted octanol–water partition coefficient (Wildman–Crippen LogP) is 5.13. The van der Waals surface area contributed by atoms with Crippen LogP contribution in [0.5, 0.6) is 11.5 Å². The number of amides is 2. The molecule has 0 aliphatic carbocycles. The van der Waals surface area contributed by atoms with Gasteiger partial charge in [0.2, 0.25) is 0 Å².